The molecule has 1 fully saturated rings. The Bertz CT molecular complexity index is 864. The summed E-state index contributed by atoms with van der Waals surface area (Å²) in [5.74, 6) is 0.386. The summed E-state index contributed by atoms with van der Waals surface area (Å²) in [4.78, 5) is 33.9. The smallest absolute Gasteiger partial charge is 0.276 e. The Hall–Kier alpha value is -2.69. The molecule has 0 radical (unpaired) electrons. The first-order valence-corrected chi connectivity index (χ1v) is 9.78. The Morgan fingerprint density at radius 3 is 2.78 bits per heavy atom. The van der Waals surface area contributed by atoms with Gasteiger partial charge >= 0.3 is 0 Å². The molecule has 2 amide bonds. The maximum absolute atomic E-state index is 13.1. The minimum absolute atomic E-state index is 0.00274. The number of aryl methyl sites for hydroxylation is 1. The highest BCUT2D eigenvalue weighted by Crippen LogP contribution is 2.28. The van der Waals surface area contributed by atoms with Crippen LogP contribution in [0.1, 0.15) is 52.6 Å². The van der Waals surface area contributed by atoms with Crippen LogP contribution in [0.25, 0.3) is 0 Å². The van der Waals surface area contributed by atoms with Crippen LogP contribution in [0.4, 0.5) is 5.69 Å². The fourth-order valence-corrected chi connectivity index (χ4v) is 4.12. The SMILES string of the molecule is CC1CCCN(C(=O)c2ccnc(C(=O)N3CCCc4ccccc43)c2)C1. The number of anilines is 1. The van der Waals surface area contributed by atoms with Gasteiger partial charge in [-0.15, -0.1) is 0 Å². The van der Waals surface area contributed by atoms with Crippen molar-refractivity contribution in [3.8, 4) is 0 Å². The van der Waals surface area contributed by atoms with Gasteiger partial charge in [-0.3, -0.25) is 14.6 Å². The highest BCUT2D eigenvalue weighted by Gasteiger charge is 2.26. The maximum atomic E-state index is 13.1. The third kappa shape index (κ3) is 3.59. The van der Waals surface area contributed by atoms with Crippen LogP contribution in [0.15, 0.2) is 42.6 Å². The zero-order valence-corrected chi connectivity index (χ0v) is 15.7. The zero-order chi connectivity index (χ0) is 18.8. The number of hydrogen-bond acceptors (Lipinski definition) is 3. The molecule has 2 aliphatic rings. The number of carbonyl (C=O) groups is 2. The summed E-state index contributed by atoms with van der Waals surface area (Å²) in [7, 11) is 0. The molecule has 1 saturated heterocycles. The van der Waals surface area contributed by atoms with Gasteiger partial charge in [-0.25, -0.2) is 0 Å². The van der Waals surface area contributed by atoms with Crippen LogP contribution in [0.5, 0.6) is 0 Å². The van der Waals surface area contributed by atoms with Gasteiger partial charge in [0.25, 0.3) is 11.8 Å². The van der Waals surface area contributed by atoms with E-state index in [9.17, 15) is 9.59 Å². The number of pyridine rings is 1. The molecule has 1 atom stereocenters. The number of nitrogens with zero attached hydrogens (tertiary/aromatic N) is 3. The number of para-hydroxylation sites is 1. The Morgan fingerprint density at radius 1 is 1.07 bits per heavy atom. The van der Waals surface area contributed by atoms with Crippen molar-refractivity contribution < 1.29 is 9.59 Å². The van der Waals surface area contributed by atoms with Crippen LogP contribution in [-0.2, 0) is 6.42 Å². The van der Waals surface area contributed by atoms with Crippen LogP contribution in [-0.4, -0.2) is 41.3 Å². The van der Waals surface area contributed by atoms with E-state index in [-0.39, 0.29) is 11.8 Å². The molecule has 140 valence electrons. The fourth-order valence-electron chi connectivity index (χ4n) is 4.12. The molecule has 0 N–H and O–H groups in total. The number of amides is 2. The molecule has 0 aliphatic carbocycles. The van der Waals surface area contributed by atoms with E-state index in [0.29, 0.717) is 23.7 Å². The molecule has 1 aromatic carbocycles. The summed E-state index contributed by atoms with van der Waals surface area (Å²) in [6.45, 7) is 4.42. The number of benzene rings is 1. The van der Waals surface area contributed by atoms with E-state index in [2.05, 4.69) is 18.0 Å². The second-order valence-corrected chi connectivity index (χ2v) is 7.62. The summed E-state index contributed by atoms with van der Waals surface area (Å²) >= 11 is 0. The van der Waals surface area contributed by atoms with Crippen LogP contribution in [0.3, 0.4) is 0 Å². The van der Waals surface area contributed by atoms with Crippen molar-refractivity contribution in [3.63, 3.8) is 0 Å². The number of aromatic nitrogens is 1. The molecule has 27 heavy (non-hydrogen) atoms. The van der Waals surface area contributed by atoms with E-state index in [1.165, 1.54) is 5.56 Å². The summed E-state index contributed by atoms with van der Waals surface area (Å²) in [6.07, 6.45) is 5.70. The number of likely N-dealkylation sites (tertiary alicyclic amines) is 1. The molecule has 2 aromatic rings. The van der Waals surface area contributed by atoms with Crippen molar-refractivity contribution in [1.82, 2.24) is 9.88 Å². The van der Waals surface area contributed by atoms with Crippen molar-refractivity contribution in [3.05, 3.63) is 59.4 Å². The predicted octanol–water partition coefficient (Wildman–Crippen LogP) is 3.55. The monoisotopic (exact) mass is 363 g/mol. The molecule has 4 rings (SSSR count). The lowest BCUT2D eigenvalue weighted by Crippen LogP contribution is -2.39. The van der Waals surface area contributed by atoms with E-state index in [1.54, 1.807) is 23.2 Å². The first-order chi connectivity index (χ1) is 13.1. The summed E-state index contributed by atoms with van der Waals surface area (Å²) in [5.41, 5.74) is 3.03. The first kappa shape index (κ1) is 17.7. The molecule has 5 nitrogen and oxygen atoms in total. The van der Waals surface area contributed by atoms with Gasteiger partial charge in [0.1, 0.15) is 5.69 Å². The molecule has 0 bridgehead atoms. The van der Waals surface area contributed by atoms with E-state index in [0.717, 1.165) is 44.5 Å². The minimum atomic E-state index is -0.135. The van der Waals surface area contributed by atoms with Crippen molar-refractivity contribution in [2.45, 2.75) is 32.6 Å². The van der Waals surface area contributed by atoms with Crippen LogP contribution in [0.2, 0.25) is 0 Å². The molecule has 2 aliphatic heterocycles. The standard InChI is InChI=1S/C22H25N3O2/c1-16-6-4-12-24(15-16)21(26)18-10-11-23-19(14-18)22(27)25-13-5-8-17-7-2-3-9-20(17)25/h2-3,7,9-11,14,16H,4-6,8,12-13,15H2,1H3. The van der Waals surface area contributed by atoms with Crippen molar-refractivity contribution >= 4 is 17.5 Å². The van der Waals surface area contributed by atoms with E-state index in [1.807, 2.05) is 23.1 Å². The average Bonchev–Trinajstić information content (AvgIpc) is 2.72. The van der Waals surface area contributed by atoms with Gasteiger partial charge in [0, 0.05) is 37.1 Å². The van der Waals surface area contributed by atoms with Gasteiger partial charge in [-0.2, -0.15) is 0 Å². The van der Waals surface area contributed by atoms with Crippen LogP contribution >= 0.6 is 0 Å². The first-order valence-electron chi connectivity index (χ1n) is 9.78. The topological polar surface area (TPSA) is 53.5 Å². The summed E-state index contributed by atoms with van der Waals surface area (Å²) in [5, 5.41) is 0. The highest BCUT2D eigenvalue weighted by molar-refractivity contribution is 6.07. The van der Waals surface area contributed by atoms with Gasteiger partial charge in [0.15, 0.2) is 0 Å². The van der Waals surface area contributed by atoms with E-state index in [4.69, 9.17) is 0 Å². The zero-order valence-electron chi connectivity index (χ0n) is 15.7. The number of hydrogen-bond donors (Lipinski definition) is 0. The van der Waals surface area contributed by atoms with Gasteiger partial charge < -0.3 is 9.80 Å². The fraction of sp³-hybridized carbons (Fsp3) is 0.409. The lowest BCUT2D eigenvalue weighted by molar-refractivity contribution is 0.0683. The van der Waals surface area contributed by atoms with E-state index >= 15 is 0 Å². The molecule has 1 unspecified atom stereocenters. The number of rotatable bonds is 2. The second-order valence-electron chi connectivity index (χ2n) is 7.62. The molecule has 3 heterocycles. The molecule has 5 heteroatoms. The van der Waals surface area contributed by atoms with Crippen LogP contribution in [0, 0.1) is 5.92 Å². The van der Waals surface area contributed by atoms with Gasteiger partial charge in [-0.05, 0) is 55.4 Å². The van der Waals surface area contributed by atoms with Gasteiger partial charge in [0.05, 0.1) is 0 Å². The van der Waals surface area contributed by atoms with Crippen molar-refractivity contribution in [2.24, 2.45) is 5.92 Å². The Kier molecular flexibility index (Phi) is 4.92. The average molecular weight is 363 g/mol. The Morgan fingerprint density at radius 2 is 1.93 bits per heavy atom. The van der Waals surface area contributed by atoms with Gasteiger partial charge in [-0.1, -0.05) is 25.1 Å². The third-order valence-electron chi connectivity index (χ3n) is 5.53. The highest BCUT2D eigenvalue weighted by atomic mass is 16.2. The van der Waals surface area contributed by atoms with E-state index < -0.39 is 0 Å². The number of piperidine rings is 1. The van der Waals surface area contributed by atoms with Crippen LogP contribution < -0.4 is 4.90 Å². The third-order valence-corrected chi connectivity index (χ3v) is 5.53. The summed E-state index contributed by atoms with van der Waals surface area (Å²) < 4.78 is 0. The predicted molar refractivity (Wildman–Crippen MR) is 105 cm³/mol. The molecule has 1 aromatic heterocycles. The molecule has 0 spiro atoms. The normalized spacial score (nSPS) is 19.5. The van der Waals surface area contributed by atoms with Crippen molar-refractivity contribution in [1.29, 1.82) is 0 Å². The number of fused-ring (bicyclic) bond motifs is 1. The Balaban J connectivity index is 1.58. The lowest BCUT2D eigenvalue weighted by atomic mass is 9.99. The maximum Gasteiger partial charge on any atom is 0.276 e. The molecule has 0 saturated carbocycles. The minimum Gasteiger partial charge on any atom is -0.338 e. The summed E-state index contributed by atoms with van der Waals surface area (Å²) in [6, 6.07) is 11.4. The lowest BCUT2D eigenvalue weighted by Gasteiger charge is -2.31. The second kappa shape index (κ2) is 7.51. The molecular weight excluding hydrogens is 338 g/mol. The molecular formula is C22H25N3O2. The quantitative estimate of drug-likeness (QED) is 0.820. The number of carbonyl (C=O) groups excluding carboxylic acids is 2. The Labute approximate surface area is 160 Å². The van der Waals surface area contributed by atoms with Gasteiger partial charge in [0.2, 0.25) is 0 Å². The van der Waals surface area contributed by atoms with Crippen molar-refractivity contribution in [2.75, 3.05) is 24.5 Å². The largest absolute Gasteiger partial charge is 0.338 e.